The van der Waals surface area contributed by atoms with E-state index in [9.17, 15) is 9.90 Å². The number of ether oxygens (including phenoxy) is 1. The number of carbonyl (C=O) groups excluding carboxylic acids is 1. The standard InChI is InChI=1S/C10H12O3/c1-4-8-5-6-13-9(11)10(8,12)7(2)3/h4-5,12H,1-2,6H2,3H3/t10-/m0/s1. The Morgan fingerprint density at radius 2 is 2.46 bits per heavy atom. The summed E-state index contributed by atoms with van der Waals surface area (Å²) >= 11 is 0. The van der Waals surface area contributed by atoms with Gasteiger partial charge in [0.15, 0.2) is 0 Å². The van der Waals surface area contributed by atoms with Crippen LogP contribution in [0.2, 0.25) is 0 Å². The van der Waals surface area contributed by atoms with Crippen LogP contribution in [-0.2, 0) is 9.53 Å². The highest BCUT2D eigenvalue weighted by atomic mass is 16.6. The summed E-state index contributed by atoms with van der Waals surface area (Å²) in [6, 6.07) is 0. The number of cyclic esters (lactones) is 1. The molecule has 0 aromatic carbocycles. The minimum Gasteiger partial charge on any atom is -0.459 e. The molecule has 1 rings (SSSR count). The fraction of sp³-hybridized carbons (Fsp3) is 0.300. The van der Waals surface area contributed by atoms with Gasteiger partial charge in [-0.25, -0.2) is 4.79 Å². The molecule has 70 valence electrons. The normalized spacial score (nSPS) is 27.5. The highest BCUT2D eigenvalue weighted by Crippen LogP contribution is 2.29. The van der Waals surface area contributed by atoms with Crippen molar-refractivity contribution in [3.8, 4) is 0 Å². The number of esters is 1. The van der Waals surface area contributed by atoms with Crippen molar-refractivity contribution >= 4 is 5.97 Å². The Morgan fingerprint density at radius 3 is 2.85 bits per heavy atom. The summed E-state index contributed by atoms with van der Waals surface area (Å²) in [5, 5.41) is 9.96. The summed E-state index contributed by atoms with van der Waals surface area (Å²) in [6.45, 7) is 8.83. The highest BCUT2D eigenvalue weighted by molar-refractivity contribution is 5.89. The molecule has 3 nitrogen and oxygen atoms in total. The number of hydrogen-bond donors (Lipinski definition) is 1. The maximum Gasteiger partial charge on any atom is 0.347 e. The van der Waals surface area contributed by atoms with Gasteiger partial charge in [0.05, 0.1) is 0 Å². The second-order valence-corrected chi connectivity index (χ2v) is 2.95. The molecule has 1 N–H and O–H groups in total. The van der Waals surface area contributed by atoms with Gasteiger partial charge in [-0.3, -0.25) is 0 Å². The lowest BCUT2D eigenvalue weighted by Crippen LogP contribution is -2.45. The van der Waals surface area contributed by atoms with E-state index in [2.05, 4.69) is 13.2 Å². The summed E-state index contributed by atoms with van der Waals surface area (Å²) in [7, 11) is 0. The van der Waals surface area contributed by atoms with Crippen LogP contribution >= 0.6 is 0 Å². The van der Waals surface area contributed by atoms with Gasteiger partial charge in [0.1, 0.15) is 6.61 Å². The molecule has 1 atom stereocenters. The van der Waals surface area contributed by atoms with Crippen LogP contribution in [0.1, 0.15) is 6.92 Å². The summed E-state index contributed by atoms with van der Waals surface area (Å²) in [4.78, 5) is 11.3. The van der Waals surface area contributed by atoms with E-state index in [1.165, 1.54) is 6.08 Å². The van der Waals surface area contributed by atoms with Gasteiger partial charge in [-0.05, 0) is 24.1 Å². The maximum absolute atomic E-state index is 11.3. The van der Waals surface area contributed by atoms with E-state index in [0.717, 1.165) is 0 Å². The molecule has 0 aromatic heterocycles. The van der Waals surface area contributed by atoms with Crippen LogP contribution in [0.15, 0.2) is 36.5 Å². The quantitative estimate of drug-likeness (QED) is 0.508. The third kappa shape index (κ3) is 1.31. The molecule has 1 heterocycles. The largest absolute Gasteiger partial charge is 0.459 e. The van der Waals surface area contributed by atoms with Crippen molar-refractivity contribution in [1.29, 1.82) is 0 Å². The first kappa shape index (κ1) is 9.74. The first-order valence-electron chi connectivity index (χ1n) is 3.92. The Kier molecular flexibility index (Phi) is 2.38. The zero-order valence-electron chi connectivity index (χ0n) is 7.54. The van der Waals surface area contributed by atoms with Crippen molar-refractivity contribution in [2.24, 2.45) is 0 Å². The fourth-order valence-electron chi connectivity index (χ4n) is 1.23. The van der Waals surface area contributed by atoms with E-state index in [0.29, 0.717) is 11.1 Å². The van der Waals surface area contributed by atoms with Gasteiger partial charge in [-0.15, -0.1) is 0 Å². The maximum atomic E-state index is 11.3. The van der Waals surface area contributed by atoms with Gasteiger partial charge in [0.2, 0.25) is 5.60 Å². The molecular formula is C10H12O3. The van der Waals surface area contributed by atoms with Crippen LogP contribution in [0.25, 0.3) is 0 Å². The predicted octanol–water partition coefficient (Wildman–Crippen LogP) is 0.963. The second-order valence-electron chi connectivity index (χ2n) is 2.95. The molecular weight excluding hydrogens is 168 g/mol. The summed E-state index contributed by atoms with van der Waals surface area (Å²) in [5.74, 6) is -0.683. The summed E-state index contributed by atoms with van der Waals surface area (Å²) in [6.07, 6.45) is 3.05. The van der Waals surface area contributed by atoms with Crippen molar-refractivity contribution in [3.63, 3.8) is 0 Å². The van der Waals surface area contributed by atoms with E-state index in [1.54, 1.807) is 13.0 Å². The Hall–Kier alpha value is -1.35. The lowest BCUT2D eigenvalue weighted by molar-refractivity contribution is -0.158. The Balaban J connectivity index is 3.21. The summed E-state index contributed by atoms with van der Waals surface area (Å²) in [5.41, 5.74) is -0.931. The molecule has 0 saturated carbocycles. The number of rotatable bonds is 2. The smallest absolute Gasteiger partial charge is 0.347 e. The van der Waals surface area contributed by atoms with Gasteiger partial charge in [0.25, 0.3) is 0 Å². The van der Waals surface area contributed by atoms with Crippen molar-refractivity contribution in [2.45, 2.75) is 12.5 Å². The molecule has 0 spiro atoms. The number of hydrogen-bond acceptors (Lipinski definition) is 3. The van der Waals surface area contributed by atoms with Gasteiger partial charge in [0, 0.05) is 0 Å². The predicted molar refractivity (Wildman–Crippen MR) is 49.0 cm³/mol. The van der Waals surface area contributed by atoms with Crippen molar-refractivity contribution in [2.75, 3.05) is 6.61 Å². The van der Waals surface area contributed by atoms with Crippen molar-refractivity contribution < 1.29 is 14.6 Å². The van der Waals surface area contributed by atoms with Gasteiger partial charge >= 0.3 is 5.97 Å². The Morgan fingerprint density at radius 1 is 1.85 bits per heavy atom. The molecule has 0 saturated heterocycles. The van der Waals surface area contributed by atoms with Crippen LogP contribution in [0.4, 0.5) is 0 Å². The minimum absolute atomic E-state index is 0.176. The van der Waals surface area contributed by atoms with Crippen LogP contribution in [0.3, 0.4) is 0 Å². The van der Waals surface area contributed by atoms with Gasteiger partial charge in [-0.2, -0.15) is 0 Å². The fourth-order valence-corrected chi connectivity index (χ4v) is 1.23. The average molecular weight is 180 g/mol. The van der Waals surface area contributed by atoms with Crippen LogP contribution in [-0.4, -0.2) is 23.3 Å². The van der Waals surface area contributed by atoms with Gasteiger partial charge in [-0.1, -0.05) is 19.2 Å². The van der Waals surface area contributed by atoms with E-state index in [4.69, 9.17) is 4.74 Å². The molecule has 0 aromatic rings. The van der Waals surface area contributed by atoms with Gasteiger partial charge < -0.3 is 9.84 Å². The lowest BCUT2D eigenvalue weighted by atomic mass is 9.86. The SMILES string of the molecule is C=CC1=CCOC(=O)[C@]1(O)C(=C)C. The molecule has 13 heavy (non-hydrogen) atoms. The van der Waals surface area contributed by atoms with Crippen molar-refractivity contribution in [1.82, 2.24) is 0 Å². The molecule has 0 radical (unpaired) electrons. The summed E-state index contributed by atoms with van der Waals surface area (Å²) < 4.78 is 4.71. The third-order valence-corrected chi connectivity index (χ3v) is 2.07. The zero-order valence-corrected chi connectivity index (χ0v) is 7.54. The monoisotopic (exact) mass is 180 g/mol. The molecule has 0 bridgehead atoms. The van der Waals surface area contributed by atoms with Crippen LogP contribution < -0.4 is 0 Å². The molecule has 1 aliphatic heterocycles. The second kappa shape index (κ2) is 3.18. The number of carbonyl (C=O) groups is 1. The van der Waals surface area contributed by atoms with E-state index in [-0.39, 0.29) is 6.61 Å². The molecule has 0 unspecified atom stereocenters. The molecule has 1 aliphatic rings. The van der Waals surface area contributed by atoms with Crippen LogP contribution in [0, 0.1) is 0 Å². The third-order valence-electron chi connectivity index (χ3n) is 2.07. The molecule has 0 amide bonds. The Labute approximate surface area is 77.0 Å². The Bertz CT molecular complexity index is 301. The topological polar surface area (TPSA) is 46.5 Å². The molecule has 3 heteroatoms. The minimum atomic E-state index is -1.71. The lowest BCUT2D eigenvalue weighted by Gasteiger charge is -2.30. The zero-order chi connectivity index (χ0) is 10.1. The van der Waals surface area contributed by atoms with Crippen molar-refractivity contribution in [3.05, 3.63) is 36.5 Å². The van der Waals surface area contributed by atoms with Crippen LogP contribution in [0.5, 0.6) is 0 Å². The average Bonchev–Trinajstić information content (AvgIpc) is 2.09. The number of aliphatic hydroxyl groups is 1. The first-order valence-corrected chi connectivity index (χ1v) is 3.92. The first-order chi connectivity index (χ1) is 6.03. The van der Waals surface area contributed by atoms with E-state index < -0.39 is 11.6 Å². The van der Waals surface area contributed by atoms with E-state index in [1.807, 2.05) is 0 Å². The molecule has 0 aliphatic carbocycles. The van der Waals surface area contributed by atoms with E-state index >= 15 is 0 Å². The molecule has 0 fully saturated rings. The highest BCUT2D eigenvalue weighted by Gasteiger charge is 2.43.